The summed E-state index contributed by atoms with van der Waals surface area (Å²) in [6.45, 7) is 2.40. The molecule has 1 heterocycles. The summed E-state index contributed by atoms with van der Waals surface area (Å²) < 4.78 is 0.539. The zero-order valence-corrected chi connectivity index (χ0v) is 14.2. The van der Waals surface area contributed by atoms with Gasteiger partial charge in [-0.3, -0.25) is 9.69 Å². The van der Waals surface area contributed by atoms with Crippen LogP contribution in [0.3, 0.4) is 0 Å². The normalized spacial score (nSPS) is 16.4. The summed E-state index contributed by atoms with van der Waals surface area (Å²) >= 11 is 6.60. The van der Waals surface area contributed by atoms with Crippen molar-refractivity contribution in [1.82, 2.24) is 4.90 Å². The van der Waals surface area contributed by atoms with Gasteiger partial charge in [0.05, 0.1) is 11.4 Å². The number of carbonyl (C=O) groups is 1. The van der Waals surface area contributed by atoms with Crippen LogP contribution in [0.15, 0.2) is 53.4 Å². The molecule has 1 N–H and O–H groups in total. The molecule has 3 nitrogen and oxygen atoms in total. The molecule has 0 spiro atoms. The van der Waals surface area contributed by atoms with Gasteiger partial charge in [0.25, 0.3) is 5.91 Å². The molecule has 1 amide bonds. The van der Waals surface area contributed by atoms with E-state index in [1.807, 2.05) is 49.4 Å². The molecule has 116 valence electrons. The van der Waals surface area contributed by atoms with Gasteiger partial charge in [0.15, 0.2) is 0 Å². The third-order valence-electron chi connectivity index (χ3n) is 3.53. The molecular formula is C18H15NO2S2. The Balaban J connectivity index is 1.86. The van der Waals surface area contributed by atoms with Crippen LogP contribution >= 0.6 is 24.0 Å². The number of carbonyl (C=O) groups excluding carboxylic acids is 1. The maximum absolute atomic E-state index is 12.6. The lowest BCUT2D eigenvalue weighted by Gasteiger charge is -2.14. The minimum Gasteiger partial charge on any atom is -0.507 e. The van der Waals surface area contributed by atoms with E-state index in [4.69, 9.17) is 12.2 Å². The van der Waals surface area contributed by atoms with E-state index < -0.39 is 0 Å². The average molecular weight is 341 g/mol. The van der Waals surface area contributed by atoms with Gasteiger partial charge in [-0.2, -0.15) is 0 Å². The van der Waals surface area contributed by atoms with Gasteiger partial charge in [-0.15, -0.1) is 0 Å². The minimum atomic E-state index is -0.121. The molecule has 0 atom stereocenters. The van der Waals surface area contributed by atoms with Crippen molar-refractivity contribution in [2.24, 2.45) is 0 Å². The van der Waals surface area contributed by atoms with E-state index in [0.29, 0.717) is 21.3 Å². The number of aryl methyl sites for hydroxylation is 1. The largest absolute Gasteiger partial charge is 0.507 e. The second-order valence-corrected chi connectivity index (χ2v) is 6.99. The molecule has 1 fully saturated rings. The summed E-state index contributed by atoms with van der Waals surface area (Å²) in [7, 11) is 0. The molecule has 0 saturated carbocycles. The van der Waals surface area contributed by atoms with Crippen LogP contribution < -0.4 is 0 Å². The summed E-state index contributed by atoms with van der Waals surface area (Å²) in [6, 6.07) is 15.1. The minimum absolute atomic E-state index is 0.121. The molecule has 1 aliphatic heterocycles. The lowest BCUT2D eigenvalue weighted by molar-refractivity contribution is -0.122. The van der Waals surface area contributed by atoms with Gasteiger partial charge < -0.3 is 5.11 Å². The Morgan fingerprint density at radius 2 is 1.96 bits per heavy atom. The first kappa shape index (κ1) is 15.8. The maximum atomic E-state index is 12.6. The van der Waals surface area contributed by atoms with Gasteiger partial charge in [0, 0.05) is 5.56 Å². The van der Waals surface area contributed by atoms with Gasteiger partial charge in [-0.1, -0.05) is 65.9 Å². The quantitative estimate of drug-likeness (QED) is 0.674. The lowest BCUT2D eigenvalue weighted by Crippen LogP contribution is -2.27. The summed E-state index contributed by atoms with van der Waals surface area (Å²) in [4.78, 5) is 14.7. The van der Waals surface area contributed by atoms with Crippen LogP contribution in [0.4, 0.5) is 0 Å². The predicted octanol–water partition coefficient (Wildman–Crippen LogP) is 4.10. The number of phenolic OH excluding ortho intramolecular Hbond substituents is 1. The Kier molecular flexibility index (Phi) is 4.50. The molecule has 0 aromatic heterocycles. The number of rotatable bonds is 3. The molecule has 5 heteroatoms. The number of thioether (sulfide) groups is 1. The van der Waals surface area contributed by atoms with Crippen molar-refractivity contribution >= 4 is 40.3 Å². The van der Waals surface area contributed by atoms with Gasteiger partial charge in [-0.25, -0.2) is 0 Å². The number of hydrogen-bond donors (Lipinski definition) is 1. The summed E-state index contributed by atoms with van der Waals surface area (Å²) in [5.41, 5.74) is 2.68. The molecule has 3 rings (SSSR count). The number of nitrogens with zero attached hydrogens (tertiary/aromatic N) is 1. The van der Waals surface area contributed by atoms with Crippen LogP contribution in [0.25, 0.3) is 6.08 Å². The highest BCUT2D eigenvalue weighted by Gasteiger charge is 2.32. The molecule has 0 bridgehead atoms. The van der Waals surface area contributed by atoms with Crippen molar-refractivity contribution in [2.45, 2.75) is 13.5 Å². The van der Waals surface area contributed by atoms with Crippen molar-refractivity contribution in [2.75, 3.05) is 0 Å². The van der Waals surface area contributed by atoms with E-state index in [0.717, 1.165) is 11.1 Å². The van der Waals surface area contributed by atoms with Gasteiger partial charge in [0.1, 0.15) is 10.1 Å². The van der Waals surface area contributed by atoms with Crippen molar-refractivity contribution < 1.29 is 9.90 Å². The molecule has 1 saturated heterocycles. The van der Waals surface area contributed by atoms with E-state index in [9.17, 15) is 9.90 Å². The second kappa shape index (κ2) is 6.56. The van der Waals surface area contributed by atoms with Crippen LogP contribution in [0, 0.1) is 6.92 Å². The maximum Gasteiger partial charge on any atom is 0.266 e. The number of amides is 1. The zero-order valence-electron chi connectivity index (χ0n) is 12.5. The molecule has 2 aromatic rings. The second-order valence-electron chi connectivity index (χ2n) is 5.32. The zero-order chi connectivity index (χ0) is 16.4. The van der Waals surface area contributed by atoms with E-state index in [1.54, 1.807) is 17.0 Å². The molecule has 2 aromatic carbocycles. The molecular weight excluding hydrogens is 326 g/mol. The summed E-state index contributed by atoms with van der Waals surface area (Å²) in [6.07, 6.45) is 1.70. The summed E-state index contributed by atoms with van der Waals surface area (Å²) in [5, 5.41) is 9.94. The Bertz CT molecular complexity index is 800. The van der Waals surface area contributed by atoms with Crippen LogP contribution in [0.1, 0.15) is 16.7 Å². The average Bonchev–Trinajstić information content (AvgIpc) is 2.80. The van der Waals surface area contributed by atoms with Gasteiger partial charge >= 0.3 is 0 Å². The highest BCUT2D eigenvalue weighted by Crippen LogP contribution is 2.35. The number of thiocarbonyl (C=S) groups is 1. The summed E-state index contributed by atoms with van der Waals surface area (Å²) in [5.74, 6) is 0.0358. The predicted molar refractivity (Wildman–Crippen MR) is 98.0 cm³/mol. The Hall–Kier alpha value is -2.11. The van der Waals surface area contributed by atoms with E-state index >= 15 is 0 Å². The number of hydrogen-bond acceptors (Lipinski definition) is 4. The molecule has 0 aliphatic carbocycles. The molecule has 23 heavy (non-hydrogen) atoms. The van der Waals surface area contributed by atoms with Gasteiger partial charge in [-0.05, 0) is 30.7 Å². The van der Waals surface area contributed by atoms with E-state index in [1.165, 1.54) is 11.8 Å². The van der Waals surface area contributed by atoms with E-state index in [-0.39, 0.29) is 11.7 Å². The highest BCUT2D eigenvalue weighted by molar-refractivity contribution is 8.26. The van der Waals surface area contributed by atoms with Crippen LogP contribution in [0.2, 0.25) is 0 Å². The number of aromatic hydroxyl groups is 1. The fourth-order valence-corrected chi connectivity index (χ4v) is 3.58. The first-order valence-corrected chi connectivity index (χ1v) is 8.36. The Labute approximate surface area is 144 Å². The van der Waals surface area contributed by atoms with Crippen LogP contribution in [-0.2, 0) is 11.3 Å². The fourth-order valence-electron chi connectivity index (χ4n) is 2.33. The Morgan fingerprint density at radius 1 is 1.22 bits per heavy atom. The number of benzene rings is 2. The monoisotopic (exact) mass is 341 g/mol. The SMILES string of the molecule is Cc1ccc(O)c(/C=C2\SC(=S)N(Cc3ccccc3)C2=O)c1. The number of phenols is 1. The van der Waals surface area contributed by atoms with Crippen LogP contribution in [-0.4, -0.2) is 20.2 Å². The lowest BCUT2D eigenvalue weighted by atomic mass is 10.1. The van der Waals surface area contributed by atoms with Crippen molar-refractivity contribution in [3.63, 3.8) is 0 Å². The third kappa shape index (κ3) is 3.46. The standard InChI is InChI=1S/C18H15NO2S2/c1-12-7-8-15(20)14(9-12)10-16-17(21)19(18(22)23-16)11-13-5-3-2-4-6-13/h2-10,20H,11H2,1H3/b16-10-. The smallest absolute Gasteiger partial charge is 0.266 e. The topological polar surface area (TPSA) is 40.5 Å². The Morgan fingerprint density at radius 3 is 2.70 bits per heavy atom. The first-order chi connectivity index (χ1) is 11.0. The third-order valence-corrected chi connectivity index (χ3v) is 4.90. The molecule has 1 aliphatic rings. The van der Waals surface area contributed by atoms with Crippen molar-refractivity contribution in [1.29, 1.82) is 0 Å². The first-order valence-electron chi connectivity index (χ1n) is 7.13. The van der Waals surface area contributed by atoms with E-state index in [2.05, 4.69) is 0 Å². The van der Waals surface area contributed by atoms with Crippen molar-refractivity contribution in [3.8, 4) is 5.75 Å². The van der Waals surface area contributed by atoms with Gasteiger partial charge in [0.2, 0.25) is 0 Å². The van der Waals surface area contributed by atoms with Crippen LogP contribution in [0.5, 0.6) is 5.75 Å². The molecule has 0 radical (unpaired) electrons. The fraction of sp³-hybridized carbons (Fsp3) is 0.111. The molecule has 0 unspecified atom stereocenters. The van der Waals surface area contributed by atoms with Crippen molar-refractivity contribution in [3.05, 3.63) is 70.1 Å². The highest BCUT2D eigenvalue weighted by atomic mass is 32.2.